The Morgan fingerprint density at radius 3 is 2.56 bits per heavy atom. The quantitative estimate of drug-likeness (QED) is 0.771. The molecule has 0 saturated heterocycles. The molecule has 0 saturated carbocycles. The number of hydrogen-bond donors (Lipinski definition) is 1. The summed E-state index contributed by atoms with van der Waals surface area (Å²) in [7, 11) is 1.77. The number of nitrogens with one attached hydrogen (secondary N) is 1. The van der Waals surface area contributed by atoms with Crippen molar-refractivity contribution in [3.63, 3.8) is 0 Å². The van der Waals surface area contributed by atoms with Crippen LogP contribution >= 0.6 is 0 Å². The Kier molecular flexibility index (Phi) is 2.76. The molecule has 5 nitrogen and oxygen atoms in total. The molecule has 1 aromatic carbocycles. The lowest BCUT2D eigenvalue weighted by Crippen LogP contribution is -2.40. The first-order chi connectivity index (χ1) is 7.74. The maximum Gasteiger partial charge on any atom is 0.332 e. The molecule has 0 bridgehead atoms. The normalized spacial score (nSPS) is 10.4. The van der Waals surface area contributed by atoms with Gasteiger partial charge in [0.1, 0.15) is 5.69 Å². The van der Waals surface area contributed by atoms with Crippen molar-refractivity contribution >= 4 is 11.5 Å². The number of rotatable bonds is 3. The molecule has 0 amide bonds. The molecule has 0 aliphatic heterocycles. The van der Waals surface area contributed by atoms with Crippen molar-refractivity contribution in [2.45, 2.75) is 6.92 Å². The molecule has 84 valence electrons. The first-order valence-corrected chi connectivity index (χ1v) is 5.14. The highest BCUT2D eigenvalue weighted by molar-refractivity contribution is 5.56. The van der Waals surface area contributed by atoms with Gasteiger partial charge in [0.05, 0.1) is 13.6 Å². The van der Waals surface area contributed by atoms with E-state index in [1.54, 1.807) is 11.7 Å². The lowest BCUT2D eigenvalue weighted by molar-refractivity contribution is -0.733. The van der Waals surface area contributed by atoms with Gasteiger partial charge in [-0.1, -0.05) is 18.2 Å². The summed E-state index contributed by atoms with van der Waals surface area (Å²) in [6.45, 7) is 2.78. The number of benzene rings is 1. The second-order valence-electron chi connectivity index (χ2n) is 3.43. The minimum atomic E-state index is 0.0770. The Hall–Kier alpha value is -2.04. The predicted octanol–water partition coefficient (Wildman–Crippen LogP) is 0.699. The van der Waals surface area contributed by atoms with Gasteiger partial charge in [0.25, 0.3) is 5.55 Å². The molecular weight excluding hydrogens is 204 g/mol. The van der Waals surface area contributed by atoms with Gasteiger partial charge in [-0.3, -0.25) is 10.1 Å². The predicted molar refractivity (Wildman–Crippen MR) is 58.2 cm³/mol. The van der Waals surface area contributed by atoms with Gasteiger partial charge in [0, 0.05) is 0 Å². The van der Waals surface area contributed by atoms with Crippen molar-refractivity contribution in [3.8, 4) is 0 Å². The second-order valence-corrected chi connectivity index (χ2v) is 3.43. The molecule has 1 N–H and O–H groups in total. The molecule has 0 aliphatic carbocycles. The van der Waals surface area contributed by atoms with Gasteiger partial charge in [0.2, 0.25) is 0 Å². The van der Waals surface area contributed by atoms with Crippen molar-refractivity contribution in [3.05, 3.63) is 35.9 Å². The molecule has 0 fully saturated rings. The van der Waals surface area contributed by atoms with Gasteiger partial charge in [0.15, 0.2) is 0 Å². The van der Waals surface area contributed by atoms with Crippen LogP contribution in [0.25, 0.3) is 0 Å². The van der Waals surface area contributed by atoms with Gasteiger partial charge < -0.3 is 9.79 Å². The molecule has 1 aromatic heterocycles. The monoisotopic (exact) mass is 218 g/mol. The summed E-state index contributed by atoms with van der Waals surface area (Å²) in [6.07, 6.45) is 0. The number of aromatic nitrogens is 2. The zero-order chi connectivity index (χ0) is 11.5. The minimum Gasteiger partial charge on any atom is -0.506 e. The maximum atomic E-state index is 7.68. The van der Waals surface area contributed by atoms with Crippen molar-refractivity contribution in [2.75, 3.05) is 11.4 Å². The van der Waals surface area contributed by atoms with Crippen molar-refractivity contribution in [1.29, 1.82) is 5.41 Å². The minimum absolute atomic E-state index is 0.0770. The van der Waals surface area contributed by atoms with Crippen LogP contribution < -0.4 is 20.4 Å². The Labute approximate surface area is 93.4 Å². The van der Waals surface area contributed by atoms with Crippen LogP contribution in [0.4, 0.5) is 11.5 Å². The van der Waals surface area contributed by atoms with Gasteiger partial charge in [-0.15, -0.1) is 0 Å². The highest BCUT2D eigenvalue weighted by Crippen LogP contribution is 2.18. The zero-order valence-corrected chi connectivity index (χ0v) is 9.34. The van der Waals surface area contributed by atoms with Gasteiger partial charge in [-0.2, -0.15) is 0 Å². The second kappa shape index (κ2) is 4.22. The topological polar surface area (TPSA) is 58.2 Å². The van der Waals surface area contributed by atoms with Crippen LogP contribution in [-0.2, 0) is 7.05 Å². The van der Waals surface area contributed by atoms with Crippen molar-refractivity contribution in [1.82, 2.24) is 5.27 Å². The van der Waals surface area contributed by atoms with E-state index in [0.29, 0.717) is 5.82 Å². The first kappa shape index (κ1) is 10.5. The number of aryl methyl sites for hydroxylation is 1. The van der Waals surface area contributed by atoms with Crippen LogP contribution in [0, 0.1) is 5.41 Å². The van der Waals surface area contributed by atoms with Crippen LogP contribution in [-0.4, -0.2) is 6.54 Å². The third kappa shape index (κ3) is 1.71. The van der Waals surface area contributed by atoms with E-state index in [1.807, 2.05) is 42.2 Å². The van der Waals surface area contributed by atoms with Gasteiger partial charge in [-0.05, 0) is 19.1 Å². The molecule has 0 aliphatic rings. The molecule has 1 heterocycles. The van der Waals surface area contributed by atoms with E-state index in [4.69, 9.17) is 9.93 Å². The summed E-state index contributed by atoms with van der Waals surface area (Å²) in [5.41, 5.74) is 1.10. The van der Waals surface area contributed by atoms with Crippen molar-refractivity contribution in [2.24, 2.45) is 7.05 Å². The van der Waals surface area contributed by atoms with E-state index in [9.17, 15) is 0 Å². The SMILES string of the molecule is CCN(c1ccccc1)c1c(=N)o[n-][n+]1C. The Balaban J connectivity index is 2.49. The summed E-state index contributed by atoms with van der Waals surface area (Å²) in [4.78, 5) is 1.98. The maximum absolute atomic E-state index is 7.68. The summed E-state index contributed by atoms with van der Waals surface area (Å²) < 4.78 is 6.41. The molecule has 0 spiro atoms. The van der Waals surface area contributed by atoms with E-state index in [1.165, 1.54) is 0 Å². The lowest BCUT2D eigenvalue weighted by Gasteiger charge is -2.14. The highest BCUT2D eigenvalue weighted by Gasteiger charge is 2.20. The third-order valence-electron chi connectivity index (χ3n) is 2.40. The average Bonchev–Trinajstić information content (AvgIpc) is 2.63. The molecular formula is C11H14N4O. The smallest absolute Gasteiger partial charge is 0.332 e. The average molecular weight is 218 g/mol. The van der Waals surface area contributed by atoms with Crippen molar-refractivity contribution < 1.29 is 9.20 Å². The van der Waals surface area contributed by atoms with Crippen LogP contribution in [0.1, 0.15) is 6.92 Å². The molecule has 5 heteroatoms. The molecule has 16 heavy (non-hydrogen) atoms. The largest absolute Gasteiger partial charge is 0.506 e. The van der Waals surface area contributed by atoms with E-state index < -0.39 is 0 Å². The standard InChI is InChI=1S/C11H14N4O/c1-3-15(9-7-5-4-6-8-9)11-10(12)16-13-14(11)2/h4-8,12H,3H2,1-2H3. The lowest BCUT2D eigenvalue weighted by atomic mass is 10.3. The van der Waals surface area contributed by atoms with Crippen LogP contribution in [0.5, 0.6) is 0 Å². The van der Waals surface area contributed by atoms with E-state index in [0.717, 1.165) is 12.2 Å². The Morgan fingerprint density at radius 2 is 2.06 bits per heavy atom. The summed E-state index contributed by atoms with van der Waals surface area (Å²) in [6, 6.07) is 9.89. The summed E-state index contributed by atoms with van der Waals surface area (Å²) in [5.74, 6) is 0.661. The highest BCUT2D eigenvalue weighted by atomic mass is 16.5. The van der Waals surface area contributed by atoms with Gasteiger partial charge >= 0.3 is 5.82 Å². The molecule has 2 rings (SSSR count). The zero-order valence-electron chi connectivity index (χ0n) is 9.34. The fraction of sp³-hybridized carbons (Fsp3) is 0.273. The van der Waals surface area contributed by atoms with Crippen LogP contribution in [0.2, 0.25) is 0 Å². The number of hydrogen-bond acceptors (Lipinski definition) is 3. The Morgan fingerprint density at radius 1 is 1.38 bits per heavy atom. The van der Waals surface area contributed by atoms with E-state index in [-0.39, 0.29) is 5.55 Å². The fourth-order valence-electron chi connectivity index (χ4n) is 1.69. The number of nitrogens with zero attached hydrogens (tertiary/aromatic N) is 3. The molecule has 0 atom stereocenters. The molecule has 0 radical (unpaired) electrons. The number of para-hydroxylation sites is 1. The van der Waals surface area contributed by atoms with E-state index >= 15 is 0 Å². The fourth-order valence-corrected chi connectivity index (χ4v) is 1.69. The van der Waals surface area contributed by atoms with Gasteiger partial charge in [-0.25, -0.2) is 4.90 Å². The first-order valence-electron chi connectivity index (χ1n) is 5.14. The van der Waals surface area contributed by atoms with Crippen LogP contribution in [0.3, 0.4) is 0 Å². The van der Waals surface area contributed by atoms with E-state index in [2.05, 4.69) is 5.27 Å². The third-order valence-corrected chi connectivity index (χ3v) is 2.40. The number of anilines is 2. The molecule has 0 unspecified atom stereocenters. The van der Waals surface area contributed by atoms with Crippen LogP contribution in [0.15, 0.2) is 34.9 Å². The summed E-state index contributed by atoms with van der Waals surface area (Å²) in [5, 5.41) is 11.4. The Bertz CT molecular complexity index is 514. The molecule has 2 aromatic rings. The summed E-state index contributed by atoms with van der Waals surface area (Å²) >= 11 is 0.